The van der Waals surface area contributed by atoms with Crippen molar-refractivity contribution in [1.82, 2.24) is 19.5 Å². The minimum Gasteiger partial charge on any atom is -0.364 e. The monoisotopic (exact) mass is 320 g/mol. The summed E-state index contributed by atoms with van der Waals surface area (Å²) in [6.45, 7) is 5.67. The number of nitriles is 1. The molecule has 6 nitrogen and oxygen atoms in total. The van der Waals surface area contributed by atoms with Crippen molar-refractivity contribution in [2.45, 2.75) is 39.8 Å². The van der Waals surface area contributed by atoms with Gasteiger partial charge < -0.3 is 9.88 Å². The molecule has 0 spiro atoms. The summed E-state index contributed by atoms with van der Waals surface area (Å²) in [6, 6.07) is 10.3. The molecule has 0 amide bonds. The smallest absolute Gasteiger partial charge is 0.236 e. The van der Waals surface area contributed by atoms with Crippen molar-refractivity contribution in [2.24, 2.45) is 0 Å². The van der Waals surface area contributed by atoms with Crippen LogP contribution in [0.25, 0.3) is 11.2 Å². The third-order valence-corrected chi connectivity index (χ3v) is 3.90. The molecule has 3 aromatic rings. The summed E-state index contributed by atoms with van der Waals surface area (Å²) < 4.78 is 1.98. The number of hydrogen-bond acceptors (Lipinski definition) is 5. The highest BCUT2D eigenvalue weighted by Crippen LogP contribution is 2.20. The SMILES string of the molecule is CCCCn1cnc2c(NCc3ccc(C)cc3)nc(C#N)nc21. The van der Waals surface area contributed by atoms with Crippen molar-refractivity contribution in [3.8, 4) is 6.07 Å². The van der Waals surface area contributed by atoms with Crippen LogP contribution in [0, 0.1) is 18.3 Å². The molecule has 1 aromatic carbocycles. The number of benzene rings is 1. The summed E-state index contributed by atoms with van der Waals surface area (Å²) in [6.07, 6.45) is 3.91. The first-order valence-corrected chi connectivity index (χ1v) is 8.13. The second-order valence-corrected chi connectivity index (χ2v) is 5.81. The van der Waals surface area contributed by atoms with Gasteiger partial charge in [-0.2, -0.15) is 15.2 Å². The van der Waals surface area contributed by atoms with E-state index in [1.165, 1.54) is 5.56 Å². The van der Waals surface area contributed by atoms with E-state index >= 15 is 0 Å². The number of unbranched alkanes of at least 4 members (excludes halogenated alkanes) is 1. The fraction of sp³-hybridized carbons (Fsp3) is 0.333. The quantitative estimate of drug-likeness (QED) is 0.753. The highest BCUT2D eigenvalue weighted by molar-refractivity contribution is 5.83. The molecule has 122 valence electrons. The number of aromatic nitrogens is 4. The Morgan fingerprint density at radius 1 is 1.21 bits per heavy atom. The van der Waals surface area contributed by atoms with Gasteiger partial charge >= 0.3 is 0 Å². The van der Waals surface area contributed by atoms with Gasteiger partial charge in [-0.05, 0) is 18.9 Å². The standard InChI is InChI=1S/C18H20N6/c1-3-4-9-24-12-21-16-17(22-15(10-19)23-18(16)24)20-11-14-7-5-13(2)6-8-14/h5-8,12H,3-4,9,11H2,1-2H3,(H,20,22,23). The van der Waals surface area contributed by atoms with Gasteiger partial charge in [-0.3, -0.25) is 0 Å². The number of aryl methyl sites for hydroxylation is 2. The summed E-state index contributed by atoms with van der Waals surface area (Å²) in [4.78, 5) is 13.0. The fourth-order valence-corrected chi connectivity index (χ4v) is 2.50. The Labute approximate surface area is 141 Å². The summed E-state index contributed by atoms with van der Waals surface area (Å²) in [5, 5.41) is 12.5. The average Bonchev–Trinajstić information content (AvgIpc) is 3.02. The van der Waals surface area contributed by atoms with Crippen molar-refractivity contribution in [1.29, 1.82) is 5.26 Å². The van der Waals surface area contributed by atoms with E-state index in [-0.39, 0.29) is 5.82 Å². The van der Waals surface area contributed by atoms with Gasteiger partial charge in [0.15, 0.2) is 17.0 Å². The van der Waals surface area contributed by atoms with Crippen LogP contribution in [-0.4, -0.2) is 19.5 Å². The Morgan fingerprint density at radius 2 is 2.00 bits per heavy atom. The number of nitrogens with one attached hydrogen (secondary N) is 1. The molecule has 2 aromatic heterocycles. The molecule has 0 bridgehead atoms. The predicted molar refractivity (Wildman–Crippen MR) is 93.5 cm³/mol. The first kappa shape index (κ1) is 15.9. The van der Waals surface area contributed by atoms with E-state index in [4.69, 9.17) is 0 Å². The van der Waals surface area contributed by atoms with Crippen molar-refractivity contribution < 1.29 is 0 Å². The van der Waals surface area contributed by atoms with Crippen LogP contribution in [0.3, 0.4) is 0 Å². The highest BCUT2D eigenvalue weighted by Gasteiger charge is 2.13. The lowest BCUT2D eigenvalue weighted by atomic mass is 10.1. The summed E-state index contributed by atoms with van der Waals surface area (Å²) in [5.41, 5.74) is 3.79. The Morgan fingerprint density at radius 3 is 2.71 bits per heavy atom. The van der Waals surface area contributed by atoms with Gasteiger partial charge in [0.05, 0.1) is 6.33 Å². The van der Waals surface area contributed by atoms with Crippen LogP contribution in [0.15, 0.2) is 30.6 Å². The summed E-state index contributed by atoms with van der Waals surface area (Å²) >= 11 is 0. The summed E-state index contributed by atoms with van der Waals surface area (Å²) in [7, 11) is 0. The molecule has 0 aliphatic heterocycles. The van der Waals surface area contributed by atoms with Gasteiger partial charge in [-0.25, -0.2) is 4.98 Å². The zero-order valence-corrected chi connectivity index (χ0v) is 14.0. The first-order chi connectivity index (χ1) is 11.7. The molecule has 0 aliphatic rings. The van der Waals surface area contributed by atoms with Crippen molar-refractivity contribution in [3.63, 3.8) is 0 Å². The molecule has 6 heteroatoms. The van der Waals surface area contributed by atoms with Crippen LogP contribution < -0.4 is 5.32 Å². The van der Waals surface area contributed by atoms with Crippen molar-refractivity contribution in [3.05, 3.63) is 47.5 Å². The number of rotatable bonds is 6. The van der Waals surface area contributed by atoms with E-state index in [1.807, 2.05) is 10.6 Å². The van der Waals surface area contributed by atoms with Gasteiger partial charge in [-0.1, -0.05) is 43.2 Å². The number of fused-ring (bicyclic) bond motifs is 1. The van der Waals surface area contributed by atoms with E-state index < -0.39 is 0 Å². The lowest BCUT2D eigenvalue weighted by Gasteiger charge is -2.08. The molecule has 0 unspecified atom stereocenters. The minimum absolute atomic E-state index is 0.159. The van der Waals surface area contributed by atoms with E-state index in [9.17, 15) is 5.26 Å². The molecule has 1 N–H and O–H groups in total. The van der Waals surface area contributed by atoms with E-state index in [0.717, 1.165) is 24.9 Å². The second kappa shape index (κ2) is 7.09. The number of hydrogen-bond donors (Lipinski definition) is 1. The molecule has 0 saturated carbocycles. The topological polar surface area (TPSA) is 79.4 Å². The minimum atomic E-state index is 0.159. The maximum Gasteiger partial charge on any atom is 0.236 e. The third-order valence-electron chi connectivity index (χ3n) is 3.90. The Hall–Kier alpha value is -2.94. The van der Waals surface area contributed by atoms with Gasteiger partial charge in [0.2, 0.25) is 5.82 Å². The fourth-order valence-electron chi connectivity index (χ4n) is 2.50. The predicted octanol–water partition coefficient (Wildman–Crippen LogP) is 3.42. The molecular weight excluding hydrogens is 300 g/mol. The molecule has 24 heavy (non-hydrogen) atoms. The average molecular weight is 320 g/mol. The molecule has 0 atom stereocenters. The van der Waals surface area contributed by atoms with E-state index in [0.29, 0.717) is 23.5 Å². The number of anilines is 1. The van der Waals surface area contributed by atoms with Gasteiger partial charge in [-0.15, -0.1) is 0 Å². The van der Waals surface area contributed by atoms with Crippen LogP contribution in [0.4, 0.5) is 5.82 Å². The largest absolute Gasteiger partial charge is 0.364 e. The zero-order chi connectivity index (χ0) is 16.9. The molecule has 3 rings (SSSR count). The van der Waals surface area contributed by atoms with Crippen LogP contribution in [-0.2, 0) is 13.1 Å². The molecule has 0 saturated heterocycles. The highest BCUT2D eigenvalue weighted by atomic mass is 15.2. The maximum atomic E-state index is 9.21. The van der Waals surface area contributed by atoms with E-state index in [1.54, 1.807) is 6.33 Å². The normalized spacial score (nSPS) is 10.7. The van der Waals surface area contributed by atoms with E-state index in [2.05, 4.69) is 58.4 Å². The Bertz CT molecular complexity index is 873. The second-order valence-electron chi connectivity index (χ2n) is 5.81. The van der Waals surface area contributed by atoms with Gasteiger partial charge in [0.1, 0.15) is 6.07 Å². The third kappa shape index (κ3) is 3.35. The lowest BCUT2D eigenvalue weighted by molar-refractivity contribution is 0.641. The van der Waals surface area contributed by atoms with Crippen molar-refractivity contribution >= 4 is 17.0 Å². The Balaban J connectivity index is 1.90. The molecule has 0 aliphatic carbocycles. The number of nitrogens with zero attached hydrogens (tertiary/aromatic N) is 5. The Kier molecular flexibility index (Phi) is 4.71. The first-order valence-electron chi connectivity index (χ1n) is 8.13. The maximum absolute atomic E-state index is 9.21. The van der Waals surface area contributed by atoms with Gasteiger partial charge in [0, 0.05) is 13.1 Å². The van der Waals surface area contributed by atoms with Gasteiger partial charge in [0.25, 0.3) is 0 Å². The van der Waals surface area contributed by atoms with Crippen LogP contribution in [0.5, 0.6) is 0 Å². The molecule has 0 fully saturated rings. The molecule has 0 radical (unpaired) electrons. The van der Waals surface area contributed by atoms with Crippen molar-refractivity contribution in [2.75, 3.05) is 5.32 Å². The van der Waals surface area contributed by atoms with Crippen LogP contribution in [0.1, 0.15) is 36.7 Å². The van der Waals surface area contributed by atoms with Crippen LogP contribution >= 0.6 is 0 Å². The summed E-state index contributed by atoms with van der Waals surface area (Å²) in [5.74, 6) is 0.763. The molecule has 2 heterocycles. The molecular formula is C18H20N6. The lowest BCUT2D eigenvalue weighted by Crippen LogP contribution is -2.06. The van der Waals surface area contributed by atoms with Crippen LogP contribution in [0.2, 0.25) is 0 Å². The number of imidazole rings is 1. The zero-order valence-electron chi connectivity index (χ0n) is 14.0.